The number of non-ortho nitro benzene ring substituents is 1. The van der Waals surface area contributed by atoms with Gasteiger partial charge < -0.3 is 0 Å². The van der Waals surface area contributed by atoms with Crippen molar-refractivity contribution in [2.75, 3.05) is 5.43 Å². The van der Waals surface area contributed by atoms with Gasteiger partial charge >= 0.3 is 5.69 Å². The van der Waals surface area contributed by atoms with Crippen LogP contribution in [-0.2, 0) is 0 Å². The van der Waals surface area contributed by atoms with Gasteiger partial charge in [-0.15, -0.1) is 0 Å². The summed E-state index contributed by atoms with van der Waals surface area (Å²) in [5, 5.41) is 34.6. The Labute approximate surface area is 146 Å². The maximum Gasteiger partial charge on any atom is 0.301 e. The quantitative estimate of drug-likeness (QED) is 0.303. The normalized spacial score (nSPS) is 12.6. The Bertz CT molecular complexity index is 709. The minimum Gasteiger partial charge on any atom is -0.272 e. The minimum atomic E-state index is -1.36. The molecule has 1 aromatic rings. The van der Waals surface area contributed by atoms with E-state index >= 15 is 0 Å². The summed E-state index contributed by atoms with van der Waals surface area (Å²) < 4.78 is 0. The summed E-state index contributed by atoms with van der Waals surface area (Å²) in [5.74, 6) is 0.107. The van der Waals surface area contributed by atoms with Gasteiger partial charge in [0.15, 0.2) is 0 Å². The summed E-state index contributed by atoms with van der Waals surface area (Å²) in [5.41, 5.74) is 1.91. The number of nitrogens with one attached hydrogen (secondary N) is 1. The van der Waals surface area contributed by atoms with Gasteiger partial charge in [-0.2, -0.15) is 10.4 Å². The highest BCUT2D eigenvalue weighted by Crippen LogP contribution is 2.29. The first-order valence-corrected chi connectivity index (χ1v) is 11.4. The molecule has 0 aliphatic heterocycles. The largest absolute Gasteiger partial charge is 0.301 e. The molecular weight excluding hydrogens is 342 g/mol. The lowest BCUT2D eigenvalue weighted by Gasteiger charge is -2.20. The van der Waals surface area contributed by atoms with E-state index in [-0.39, 0.29) is 17.3 Å². The summed E-state index contributed by atoms with van der Waals surface area (Å²) in [4.78, 5) is 20.4. The van der Waals surface area contributed by atoms with Crippen molar-refractivity contribution in [1.82, 2.24) is 0 Å². The van der Waals surface area contributed by atoms with Gasteiger partial charge in [-0.25, -0.2) is 0 Å². The predicted molar refractivity (Wildman–Crippen MR) is 98.4 cm³/mol. The van der Waals surface area contributed by atoms with Crippen LogP contribution in [0.4, 0.5) is 17.1 Å². The number of anilines is 1. The highest BCUT2D eigenvalue weighted by Gasteiger charge is 2.21. The van der Waals surface area contributed by atoms with E-state index in [1.807, 2.05) is 0 Å². The van der Waals surface area contributed by atoms with Crippen molar-refractivity contribution in [1.29, 1.82) is 5.26 Å². The molecule has 0 aliphatic rings. The van der Waals surface area contributed by atoms with Gasteiger partial charge in [-0.1, -0.05) is 19.6 Å². The summed E-state index contributed by atoms with van der Waals surface area (Å²) in [6.07, 6.45) is 2.76. The van der Waals surface area contributed by atoms with E-state index in [9.17, 15) is 20.2 Å². The van der Waals surface area contributed by atoms with Crippen molar-refractivity contribution in [3.8, 4) is 6.07 Å². The van der Waals surface area contributed by atoms with Crippen molar-refractivity contribution in [3.05, 3.63) is 38.4 Å². The van der Waals surface area contributed by atoms with Crippen LogP contribution in [0.1, 0.15) is 12.8 Å². The predicted octanol–water partition coefficient (Wildman–Crippen LogP) is 4.16. The van der Waals surface area contributed by atoms with Crippen LogP contribution in [0.15, 0.2) is 23.3 Å². The molecule has 0 heterocycles. The van der Waals surface area contributed by atoms with Crippen LogP contribution in [0.25, 0.3) is 0 Å². The van der Waals surface area contributed by atoms with Gasteiger partial charge in [0.05, 0.1) is 22.0 Å². The standard InChI is InChI=1S/C15H21N5O4Si/c1-25(2,3)11-12(5-4-8-16)10-17-18-14-7-6-13(19(21)22)9-15(14)20(23)24/h6-7,9-10,12,18H,4-5,11H2,1-3H3. The zero-order chi connectivity index (χ0) is 19.0. The van der Waals surface area contributed by atoms with E-state index in [4.69, 9.17) is 5.26 Å². The lowest BCUT2D eigenvalue weighted by Crippen LogP contribution is -2.24. The van der Waals surface area contributed by atoms with E-state index in [0.29, 0.717) is 12.8 Å². The number of hydrazone groups is 1. The summed E-state index contributed by atoms with van der Waals surface area (Å²) >= 11 is 0. The first kappa shape index (κ1) is 20.2. The molecule has 0 aromatic heterocycles. The molecule has 0 bridgehead atoms. The molecule has 25 heavy (non-hydrogen) atoms. The highest BCUT2D eigenvalue weighted by molar-refractivity contribution is 6.76. The lowest BCUT2D eigenvalue weighted by molar-refractivity contribution is -0.393. The van der Waals surface area contributed by atoms with Gasteiger partial charge in [-0.3, -0.25) is 25.7 Å². The van der Waals surface area contributed by atoms with E-state index in [1.165, 1.54) is 12.1 Å². The number of rotatable bonds is 9. The van der Waals surface area contributed by atoms with Gasteiger partial charge in [0.2, 0.25) is 0 Å². The van der Waals surface area contributed by atoms with Crippen LogP contribution in [-0.4, -0.2) is 24.1 Å². The highest BCUT2D eigenvalue weighted by atomic mass is 28.3. The topological polar surface area (TPSA) is 134 Å². The van der Waals surface area contributed by atoms with E-state index in [2.05, 4.69) is 36.2 Å². The van der Waals surface area contributed by atoms with Crippen molar-refractivity contribution in [3.63, 3.8) is 0 Å². The number of benzene rings is 1. The van der Waals surface area contributed by atoms with Crippen molar-refractivity contribution in [2.45, 2.75) is 38.5 Å². The minimum absolute atomic E-state index is 0.0823. The fourth-order valence-electron chi connectivity index (χ4n) is 2.36. The summed E-state index contributed by atoms with van der Waals surface area (Å²) in [6.45, 7) is 6.65. The third kappa shape index (κ3) is 7.09. The zero-order valence-corrected chi connectivity index (χ0v) is 15.4. The first-order chi connectivity index (χ1) is 11.6. The molecule has 0 spiro atoms. The van der Waals surface area contributed by atoms with Crippen LogP contribution < -0.4 is 5.43 Å². The maximum atomic E-state index is 11.1. The Morgan fingerprint density at radius 3 is 2.52 bits per heavy atom. The number of hydrogen-bond acceptors (Lipinski definition) is 7. The van der Waals surface area contributed by atoms with Gasteiger partial charge in [0.25, 0.3) is 5.69 Å². The lowest BCUT2D eigenvalue weighted by atomic mass is 10.1. The number of nitrogens with zero attached hydrogens (tertiary/aromatic N) is 4. The Hall–Kier alpha value is -2.80. The smallest absolute Gasteiger partial charge is 0.272 e. The molecule has 0 saturated heterocycles. The molecule has 1 atom stereocenters. The molecule has 10 heteroatoms. The average Bonchev–Trinajstić information content (AvgIpc) is 2.50. The molecule has 0 aliphatic carbocycles. The molecule has 1 N–H and O–H groups in total. The molecule has 1 rings (SSSR count). The van der Waals surface area contributed by atoms with Crippen molar-refractivity contribution < 1.29 is 9.85 Å². The van der Waals surface area contributed by atoms with Crippen LogP contribution in [0, 0.1) is 37.5 Å². The maximum absolute atomic E-state index is 11.1. The van der Waals surface area contributed by atoms with E-state index < -0.39 is 23.6 Å². The number of nitro benzene ring substituents is 2. The van der Waals surface area contributed by atoms with E-state index in [0.717, 1.165) is 12.1 Å². The third-order valence-corrected chi connectivity index (χ3v) is 5.11. The number of hydrogen-bond donors (Lipinski definition) is 1. The fourth-order valence-corrected chi connectivity index (χ4v) is 4.24. The Morgan fingerprint density at radius 2 is 2.00 bits per heavy atom. The summed E-state index contributed by atoms with van der Waals surface area (Å²) in [6, 6.07) is 6.40. The fraction of sp³-hybridized carbons (Fsp3) is 0.467. The van der Waals surface area contributed by atoms with Gasteiger partial charge in [0.1, 0.15) is 5.69 Å². The SMILES string of the molecule is C[Si](C)(C)CC(C=NNc1ccc([N+](=O)[O-])cc1[N+](=O)[O-])CCC#N. The Morgan fingerprint density at radius 1 is 1.32 bits per heavy atom. The monoisotopic (exact) mass is 363 g/mol. The Balaban J connectivity index is 2.93. The molecule has 134 valence electrons. The molecule has 1 aromatic carbocycles. The molecular formula is C15H21N5O4Si. The first-order valence-electron chi connectivity index (χ1n) is 7.73. The number of nitro groups is 2. The van der Waals surface area contributed by atoms with Crippen molar-refractivity contribution >= 4 is 31.4 Å². The zero-order valence-electron chi connectivity index (χ0n) is 14.4. The number of nitriles is 1. The molecule has 0 fully saturated rings. The molecule has 1 unspecified atom stereocenters. The molecule has 0 saturated carbocycles. The van der Waals surface area contributed by atoms with E-state index in [1.54, 1.807) is 6.21 Å². The second-order valence-corrected chi connectivity index (χ2v) is 12.4. The van der Waals surface area contributed by atoms with Crippen LogP contribution >= 0.6 is 0 Å². The second-order valence-electron chi connectivity index (χ2n) is 6.83. The van der Waals surface area contributed by atoms with Gasteiger partial charge in [-0.05, 0) is 24.4 Å². The van der Waals surface area contributed by atoms with Crippen LogP contribution in [0.5, 0.6) is 0 Å². The summed E-state index contributed by atoms with van der Waals surface area (Å²) in [7, 11) is -1.36. The average molecular weight is 363 g/mol. The Kier molecular flexibility index (Phi) is 7.19. The van der Waals surface area contributed by atoms with Crippen LogP contribution in [0.2, 0.25) is 25.7 Å². The molecule has 0 amide bonds. The molecule has 0 radical (unpaired) electrons. The van der Waals surface area contributed by atoms with Crippen molar-refractivity contribution in [2.24, 2.45) is 11.0 Å². The second kappa shape index (κ2) is 8.88. The van der Waals surface area contributed by atoms with Gasteiger partial charge in [0, 0.05) is 26.8 Å². The van der Waals surface area contributed by atoms with Crippen LogP contribution in [0.3, 0.4) is 0 Å². The molecule has 9 nitrogen and oxygen atoms in total. The third-order valence-electron chi connectivity index (χ3n) is 3.36.